The Hall–Kier alpha value is -4.15. The molecule has 3 aromatic heterocycles. The molecule has 1 fully saturated rings. The number of nitrogens with one attached hydrogen (secondary N) is 5. The second-order valence-corrected chi connectivity index (χ2v) is 11.7. The van der Waals surface area contributed by atoms with Crippen molar-refractivity contribution in [2.24, 2.45) is 5.92 Å². The molecule has 1 amide bonds. The van der Waals surface area contributed by atoms with Crippen LogP contribution >= 0.6 is 0 Å². The van der Waals surface area contributed by atoms with Crippen LogP contribution in [0.5, 0.6) is 5.75 Å². The Labute approximate surface area is 247 Å². The van der Waals surface area contributed by atoms with Gasteiger partial charge in [-0.3, -0.25) is 14.5 Å². The number of hydrogen-bond acceptors (Lipinski definition) is 7. The van der Waals surface area contributed by atoms with Crippen LogP contribution in [0.2, 0.25) is 0 Å². The molecule has 224 valence electrons. The monoisotopic (exact) mass is 574 g/mol. The zero-order valence-electron chi connectivity index (χ0n) is 25.4. The molecule has 11 heteroatoms. The SMILES string of the molecule is Cc1cc(C)n(C(C(=O)NCCCOc2ccc(Nc3nc(NC4CCCCC4)c4[nH]c[nH+]c4n3)c(C)c2)C(C)C)n1. The van der Waals surface area contributed by atoms with Crippen molar-refractivity contribution >= 4 is 34.5 Å². The van der Waals surface area contributed by atoms with Crippen LogP contribution in [0.25, 0.3) is 11.2 Å². The van der Waals surface area contributed by atoms with Crippen LogP contribution in [-0.4, -0.2) is 49.8 Å². The Bertz CT molecular complexity index is 1500. The van der Waals surface area contributed by atoms with Gasteiger partial charge in [-0.2, -0.15) is 10.1 Å². The van der Waals surface area contributed by atoms with Gasteiger partial charge in [-0.15, -0.1) is 0 Å². The van der Waals surface area contributed by atoms with Gasteiger partial charge < -0.3 is 20.7 Å². The number of aromatic amines is 2. The number of imidazole rings is 1. The minimum atomic E-state index is -0.332. The maximum atomic E-state index is 13.0. The number of hydrogen-bond donors (Lipinski definition) is 4. The molecule has 5 N–H and O–H groups in total. The second kappa shape index (κ2) is 13.2. The fourth-order valence-electron chi connectivity index (χ4n) is 5.67. The molecule has 42 heavy (non-hydrogen) atoms. The summed E-state index contributed by atoms with van der Waals surface area (Å²) in [7, 11) is 0. The highest BCUT2D eigenvalue weighted by molar-refractivity contribution is 5.82. The smallest absolute Gasteiger partial charge is 0.307 e. The van der Waals surface area contributed by atoms with Gasteiger partial charge in [-0.25, -0.2) is 4.98 Å². The van der Waals surface area contributed by atoms with E-state index in [9.17, 15) is 4.79 Å². The van der Waals surface area contributed by atoms with Crippen molar-refractivity contribution < 1.29 is 14.5 Å². The fourth-order valence-corrected chi connectivity index (χ4v) is 5.67. The van der Waals surface area contributed by atoms with Gasteiger partial charge in [0.15, 0.2) is 12.1 Å². The van der Waals surface area contributed by atoms with Crippen LogP contribution in [0.1, 0.15) is 75.4 Å². The predicted octanol–water partition coefficient (Wildman–Crippen LogP) is 5.16. The third-order valence-corrected chi connectivity index (χ3v) is 7.82. The number of anilines is 3. The summed E-state index contributed by atoms with van der Waals surface area (Å²) < 4.78 is 7.82. The molecule has 0 bridgehead atoms. The van der Waals surface area contributed by atoms with Gasteiger partial charge in [0.1, 0.15) is 11.8 Å². The normalized spacial score (nSPS) is 14.7. The number of rotatable bonds is 12. The Morgan fingerprint density at radius 3 is 2.67 bits per heavy atom. The molecule has 1 atom stereocenters. The lowest BCUT2D eigenvalue weighted by molar-refractivity contribution is -0.347. The lowest BCUT2D eigenvalue weighted by atomic mass is 9.95. The van der Waals surface area contributed by atoms with Crippen molar-refractivity contribution in [3.8, 4) is 5.75 Å². The zero-order chi connectivity index (χ0) is 29.6. The molecule has 0 spiro atoms. The van der Waals surface area contributed by atoms with Crippen LogP contribution in [0, 0.1) is 26.7 Å². The summed E-state index contributed by atoms with van der Waals surface area (Å²) in [5, 5.41) is 14.6. The van der Waals surface area contributed by atoms with E-state index in [1.807, 2.05) is 63.6 Å². The Kier molecular flexibility index (Phi) is 9.24. The van der Waals surface area contributed by atoms with E-state index in [4.69, 9.17) is 9.72 Å². The Morgan fingerprint density at radius 2 is 1.95 bits per heavy atom. The van der Waals surface area contributed by atoms with Gasteiger partial charge in [0.25, 0.3) is 0 Å². The third kappa shape index (κ3) is 7.00. The summed E-state index contributed by atoms with van der Waals surface area (Å²) in [6, 6.07) is 8.02. The minimum Gasteiger partial charge on any atom is -0.494 e. The van der Waals surface area contributed by atoms with E-state index in [1.54, 1.807) is 6.33 Å². The second-order valence-electron chi connectivity index (χ2n) is 11.7. The number of aromatic nitrogens is 6. The van der Waals surface area contributed by atoms with E-state index in [2.05, 4.69) is 36.0 Å². The molecular weight excluding hydrogens is 530 g/mol. The number of aryl methyl sites for hydroxylation is 3. The van der Waals surface area contributed by atoms with E-state index >= 15 is 0 Å². The number of H-pyrrole nitrogens is 2. The molecule has 11 nitrogen and oxygen atoms in total. The molecule has 1 saturated carbocycles. The molecular formula is C31H44N9O2+. The summed E-state index contributed by atoms with van der Waals surface area (Å²) in [6.07, 6.45) is 8.61. The van der Waals surface area contributed by atoms with Crippen LogP contribution in [0.4, 0.5) is 17.5 Å². The van der Waals surface area contributed by atoms with Crippen LogP contribution in [0.3, 0.4) is 0 Å². The molecule has 5 rings (SSSR count). The van der Waals surface area contributed by atoms with Gasteiger partial charge in [0, 0.05) is 24.0 Å². The number of nitrogens with zero attached hydrogens (tertiary/aromatic N) is 4. The number of benzene rings is 1. The molecule has 0 aliphatic heterocycles. The van der Waals surface area contributed by atoms with Crippen molar-refractivity contribution in [2.75, 3.05) is 23.8 Å². The van der Waals surface area contributed by atoms with Crippen LogP contribution in [0.15, 0.2) is 30.6 Å². The summed E-state index contributed by atoms with van der Waals surface area (Å²) in [6.45, 7) is 11.1. The number of carbonyl (C=O) groups is 1. The van der Waals surface area contributed by atoms with Crippen LogP contribution < -0.4 is 25.7 Å². The van der Waals surface area contributed by atoms with Crippen molar-refractivity contribution in [3.05, 3.63) is 47.5 Å². The topological polar surface area (TPSA) is 136 Å². The van der Waals surface area contributed by atoms with Gasteiger partial charge in [0.05, 0.1) is 12.3 Å². The van der Waals surface area contributed by atoms with Gasteiger partial charge in [0.2, 0.25) is 11.4 Å². The molecule has 0 saturated heterocycles. The molecule has 3 heterocycles. The van der Waals surface area contributed by atoms with E-state index in [0.717, 1.165) is 58.2 Å². The maximum Gasteiger partial charge on any atom is 0.307 e. The average Bonchev–Trinajstić information content (AvgIpc) is 3.56. The Morgan fingerprint density at radius 1 is 1.14 bits per heavy atom. The quantitative estimate of drug-likeness (QED) is 0.172. The van der Waals surface area contributed by atoms with E-state index < -0.39 is 0 Å². The molecule has 1 aliphatic rings. The average molecular weight is 575 g/mol. The number of fused-ring (bicyclic) bond motifs is 1. The molecule has 1 aliphatic carbocycles. The summed E-state index contributed by atoms with van der Waals surface area (Å²) >= 11 is 0. The van der Waals surface area contributed by atoms with Crippen molar-refractivity contribution in [2.45, 2.75) is 85.2 Å². The van der Waals surface area contributed by atoms with Crippen molar-refractivity contribution in [1.82, 2.24) is 30.0 Å². The molecule has 4 aromatic rings. The van der Waals surface area contributed by atoms with Gasteiger partial charge >= 0.3 is 11.6 Å². The van der Waals surface area contributed by atoms with E-state index in [0.29, 0.717) is 31.6 Å². The maximum absolute atomic E-state index is 13.0. The van der Waals surface area contributed by atoms with E-state index in [-0.39, 0.29) is 17.9 Å². The number of amides is 1. The summed E-state index contributed by atoms with van der Waals surface area (Å²) in [5.41, 5.74) is 5.48. The molecule has 0 radical (unpaired) electrons. The standard InChI is InChI=1S/C31H43N9O2/c1-19(2)27(40-22(5)17-21(4)39-40)30(41)32-14-9-15-42-24-12-13-25(20(3)16-24)36-31-37-28-26(33-18-34-28)29(38-31)35-23-10-7-6-8-11-23/h12-13,16-19,23,27H,6-11,14-15H2,1-5H3,(H,32,41)(H3,33,34,35,36,37,38)/p+1. The lowest BCUT2D eigenvalue weighted by Gasteiger charge is -2.23. The largest absolute Gasteiger partial charge is 0.494 e. The predicted molar refractivity (Wildman–Crippen MR) is 164 cm³/mol. The van der Waals surface area contributed by atoms with Crippen molar-refractivity contribution in [1.29, 1.82) is 0 Å². The first-order valence-electron chi connectivity index (χ1n) is 15.1. The Balaban J connectivity index is 1.14. The molecule has 1 unspecified atom stereocenters. The summed E-state index contributed by atoms with van der Waals surface area (Å²) in [4.78, 5) is 28.8. The first kappa shape index (κ1) is 29.3. The lowest BCUT2D eigenvalue weighted by Crippen LogP contribution is -2.37. The van der Waals surface area contributed by atoms with Crippen LogP contribution in [-0.2, 0) is 4.79 Å². The zero-order valence-corrected chi connectivity index (χ0v) is 25.4. The summed E-state index contributed by atoms with van der Waals surface area (Å²) in [5.74, 6) is 2.24. The third-order valence-electron chi connectivity index (χ3n) is 7.82. The highest BCUT2D eigenvalue weighted by atomic mass is 16.5. The number of carbonyl (C=O) groups excluding carboxylic acids is 1. The fraction of sp³-hybridized carbons (Fsp3) is 0.516. The first-order chi connectivity index (χ1) is 20.3. The molecule has 1 aromatic carbocycles. The highest BCUT2D eigenvalue weighted by Crippen LogP contribution is 2.27. The van der Waals surface area contributed by atoms with Crippen molar-refractivity contribution in [3.63, 3.8) is 0 Å². The minimum absolute atomic E-state index is 0.0165. The van der Waals surface area contributed by atoms with Gasteiger partial charge in [-0.1, -0.05) is 38.1 Å². The highest BCUT2D eigenvalue weighted by Gasteiger charge is 2.26. The van der Waals surface area contributed by atoms with Gasteiger partial charge in [-0.05, 0) is 75.8 Å². The van der Waals surface area contributed by atoms with E-state index in [1.165, 1.54) is 19.3 Å². The first-order valence-corrected chi connectivity index (χ1v) is 15.1. The number of ether oxygens (including phenoxy) is 1.